The van der Waals surface area contributed by atoms with E-state index in [-0.39, 0.29) is 0 Å². The zero-order chi connectivity index (χ0) is 14.9. The summed E-state index contributed by atoms with van der Waals surface area (Å²) in [5, 5.41) is 19.0. The number of aliphatic hydroxyl groups excluding tert-OH is 1. The number of rotatable bonds is 2. The van der Waals surface area contributed by atoms with Crippen LogP contribution < -0.4 is 4.90 Å². The average Bonchev–Trinajstić information content (AvgIpc) is 2.87. The average molecular weight is 272 g/mol. The predicted molar refractivity (Wildman–Crippen MR) is 81.6 cm³/mol. The van der Waals surface area contributed by atoms with Gasteiger partial charge in [-0.05, 0) is 36.8 Å². The molecule has 1 fully saturated rings. The second-order valence-corrected chi connectivity index (χ2v) is 6.86. The maximum atomic E-state index is 9.94. The minimum atomic E-state index is -0.508. The van der Waals surface area contributed by atoms with Crippen LogP contribution in [-0.2, 0) is 0 Å². The molecule has 0 radical (unpaired) electrons. The van der Waals surface area contributed by atoms with Crippen molar-refractivity contribution >= 4 is 5.69 Å². The number of aliphatic hydroxyl groups is 1. The lowest BCUT2D eigenvalue weighted by Gasteiger charge is -2.28. The maximum Gasteiger partial charge on any atom is 0.0992 e. The van der Waals surface area contributed by atoms with Gasteiger partial charge in [0.2, 0.25) is 0 Å². The molecule has 0 bridgehead atoms. The summed E-state index contributed by atoms with van der Waals surface area (Å²) in [5.41, 5.74) is 2.89. The lowest BCUT2D eigenvalue weighted by molar-refractivity contribution is 0.199. The molecule has 1 aliphatic rings. The molecule has 0 saturated carbocycles. The predicted octanol–water partition coefficient (Wildman–Crippen LogP) is 3.48. The van der Waals surface area contributed by atoms with E-state index >= 15 is 0 Å². The van der Waals surface area contributed by atoms with Crippen molar-refractivity contribution in [3.8, 4) is 6.07 Å². The van der Waals surface area contributed by atoms with E-state index < -0.39 is 6.10 Å². The van der Waals surface area contributed by atoms with E-state index in [2.05, 4.69) is 31.7 Å². The van der Waals surface area contributed by atoms with Gasteiger partial charge >= 0.3 is 0 Å². The molecule has 0 amide bonds. The van der Waals surface area contributed by atoms with Crippen LogP contribution in [0.4, 0.5) is 5.69 Å². The highest BCUT2D eigenvalue weighted by Crippen LogP contribution is 2.38. The third kappa shape index (κ3) is 2.96. The molecule has 3 nitrogen and oxygen atoms in total. The second-order valence-electron chi connectivity index (χ2n) is 6.86. The van der Waals surface area contributed by atoms with Gasteiger partial charge in [0.25, 0.3) is 0 Å². The van der Waals surface area contributed by atoms with E-state index in [0.29, 0.717) is 16.9 Å². The molecular formula is C17H24N2O. The fourth-order valence-corrected chi connectivity index (χ4v) is 2.93. The SMILES string of the molecule is CC(O)c1ccc(C#N)cc1N1CCC(C(C)(C)C)C1. The van der Waals surface area contributed by atoms with E-state index in [0.717, 1.165) is 24.3 Å². The molecule has 1 aliphatic heterocycles. The summed E-state index contributed by atoms with van der Waals surface area (Å²) in [6.45, 7) is 10.6. The van der Waals surface area contributed by atoms with Crippen molar-refractivity contribution in [2.24, 2.45) is 11.3 Å². The highest BCUT2D eigenvalue weighted by atomic mass is 16.3. The third-order valence-corrected chi connectivity index (χ3v) is 4.36. The molecule has 2 unspecified atom stereocenters. The van der Waals surface area contributed by atoms with Crippen molar-refractivity contribution in [3.05, 3.63) is 29.3 Å². The Morgan fingerprint density at radius 1 is 1.40 bits per heavy atom. The van der Waals surface area contributed by atoms with Crippen LogP contribution in [0.1, 0.15) is 51.3 Å². The maximum absolute atomic E-state index is 9.94. The molecule has 108 valence electrons. The van der Waals surface area contributed by atoms with Crippen LogP contribution in [0.15, 0.2) is 18.2 Å². The lowest BCUT2D eigenvalue weighted by atomic mass is 9.80. The molecule has 0 aliphatic carbocycles. The summed E-state index contributed by atoms with van der Waals surface area (Å²) in [5.74, 6) is 0.648. The van der Waals surface area contributed by atoms with Gasteiger partial charge in [-0.1, -0.05) is 26.8 Å². The van der Waals surface area contributed by atoms with Gasteiger partial charge in [0.15, 0.2) is 0 Å². The molecule has 1 saturated heterocycles. The quantitative estimate of drug-likeness (QED) is 0.896. The molecule has 3 heteroatoms. The normalized spacial score (nSPS) is 20.8. The summed E-state index contributed by atoms with van der Waals surface area (Å²) in [7, 11) is 0. The van der Waals surface area contributed by atoms with Crippen molar-refractivity contribution < 1.29 is 5.11 Å². The first-order valence-electron chi connectivity index (χ1n) is 7.30. The van der Waals surface area contributed by atoms with Crippen LogP contribution in [0, 0.1) is 22.7 Å². The molecule has 20 heavy (non-hydrogen) atoms. The van der Waals surface area contributed by atoms with E-state index in [4.69, 9.17) is 5.26 Å². The van der Waals surface area contributed by atoms with Gasteiger partial charge in [-0.2, -0.15) is 5.26 Å². The number of nitrogens with zero attached hydrogens (tertiary/aromatic N) is 2. The van der Waals surface area contributed by atoms with E-state index in [1.54, 1.807) is 13.0 Å². The first-order valence-corrected chi connectivity index (χ1v) is 7.30. The van der Waals surface area contributed by atoms with Gasteiger partial charge in [0.1, 0.15) is 0 Å². The molecule has 2 atom stereocenters. The van der Waals surface area contributed by atoms with Gasteiger partial charge in [-0.3, -0.25) is 0 Å². The lowest BCUT2D eigenvalue weighted by Crippen LogP contribution is -2.26. The molecule has 0 spiro atoms. The topological polar surface area (TPSA) is 47.3 Å². The van der Waals surface area contributed by atoms with Crippen LogP contribution in [0.5, 0.6) is 0 Å². The zero-order valence-corrected chi connectivity index (χ0v) is 12.8. The summed E-state index contributed by atoms with van der Waals surface area (Å²) >= 11 is 0. The molecule has 1 heterocycles. The van der Waals surface area contributed by atoms with Crippen molar-refractivity contribution in [1.29, 1.82) is 5.26 Å². The molecule has 1 aromatic rings. The fourth-order valence-electron chi connectivity index (χ4n) is 2.93. The Hall–Kier alpha value is -1.53. The van der Waals surface area contributed by atoms with Gasteiger partial charge in [-0.25, -0.2) is 0 Å². The van der Waals surface area contributed by atoms with Crippen molar-refractivity contribution in [2.45, 2.75) is 40.2 Å². The highest BCUT2D eigenvalue weighted by molar-refractivity contribution is 5.59. The largest absolute Gasteiger partial charge is 0.389 e. The first kappa shape index (κ1) is 14.9. The van der Waals surface area contributed by atoms with E-state index in [1.165, 1.54) is 6.42 Å². The molecular weight excluding hydrogens is 248 g/mol. The zero-order valence-electron chi connectivity index (χ0n) is 12.8. The number of hydrogen-bond donors (Lipinski definition) is 1. The fraction of sp³-hybridized carbons (Fsp3) is 0.588. The number of hydrogen-bond acceptors (Lipinski definition) is 3. The van der Waals surface area contributed by atoms with Crippen LogP contribution >= 0.6 is 0 Å². The van der Waals surface area contributed by atoms with Crippen molar-refractivity contribution in [2.75, 3.05) is 18.0 Å². The summed E-state index contributed by atoms with van der Waals surface area (Å²) < 4.78 is 0. The summed E-state index contributed by atoms with van der Waals surface area (Å²) in [4.78, 5) is 2.32. The van der Waals surface area contributed by atoms with Crippen LogP contribution in [0.2, 0.25) is 0 Å². The molecule has 2 rings (SSSR count). The van der Waals surface area contributed by atoms with E-state index in [1.807, 2.05) is 12.1 Å². The Morgan fingerprint density at radius 3 is 2.60 bits per heavy atom. The Labute approximate surface area is 121 Å². The van der Waals surface area contributed by atoms with Gasteiger partial charge < -0.3 is 10.0 Å². The minimum absolute atomic E-state index is 0.298. The van der Waals surface area contributed by atoms with Gasteiger partial charge in [0, 0.05) is 24.3 Å². The van der Waals surface area contributed by atoms with Gasteiger partial charge in [0.05, 0.1) is 17.7 Å². The standard InChI is InChI=1S/C17H24N2O/c1-12(20)15-6-5-13(10-18)9-16(15)19-8-7-14(11-19)17(2,3)4/h5-6,9,12,14,20H,7-8,11H2,1-4H3. The van der Waals surface area contributed by atoms with Crippen LogP contribution in [0.25, 0.3) is 0 Å². The molecule has 1 N–H and O–H groups in total. The van der Waals surface area contributed by atoms with E-state index in [9.17, 15) is 5.11 Å². The molecule has 1 aromatic carbocycles. The minimum Gasteiger partial charge on any atom is -0.389 e. The van der Waals surface area contributed by atoms with Crippen molar-refractivity contribution in [3.63, 3.8) is 0 Å². The van der Waals surface area contributed by atoms with Gasteiger partial charge in [-0.15, -0.1) is 0 Å². The highest BCUT2D eigenvalue weighted by Gasteiger charge is 2.32. The third-order valence-electron chi connectivity index (χ3n) is 4.36. The monoisotopic (exact) mass is 272 g/mol. The molecule has 0 aromatic heterocycles. The van der Waals surface area contributed by atoms with Crippen LogP contribution in [0.3, 0.4) is 0 Å². The number of nitriles is 1. The number of benzene rings is 1. The summed E-state index contributed by atoms with van der Waals surface area (Å²) in [6.07, 6.45) is 0.658. The second kappa shape index (κ2) is 5.46. The Bertz CT molecular complexity index is 523. The van der Waals surface area contributed by atoms with Crippen molar-refractivity contribution in [1.82, 2.24) is 0 Å². The smallest absolute Gasteiger partial charge is 0.0992 e. The van der Waals surface area contributed by atoms with Crippen LogP contribution in [-0.4, -0.2) is 18.2 Å². The Balaban J connectivity index is 2.31. The summed E-state index contributed by atoms with van der Waals surface area (Å²) in [6, 6.07) is 7.76. The Kier molecular flexibility index (Phi) is 4.06. The first-order chi connectivity index (χ1) is 9.32. The number of anilines is 1. The Morgan fingerprint density at radius 2 is 2.10 bits per heavy atom.